The molecular formula is C20H23N3O2. The Hall–Kier alpha value is -2.66. The van der Waals surface area contributed by atoms with Crippen LogP contribution in [0.4, 0.5) is 0 Å². The van der Waals surface area contributed by atoms with Crippen molar-refractivity contribution in [2.24, 2.45) is 0 Å². The zero-order valence-corrected chi connectivity index (χ0v) is 14.8. The molecule has 130 valence electrons. The molecule has 0 atom stereocenters. The SMILES string of the molecule is Cc1ccn2c(CC(=O)NCCO)c(-c3ccc(C)c(C)c3)nc2c1. The van der Waals surface area contributed by atoms with Crippen molar-refractivity contribution in [2.45, 2.75) is 27.2 Å². The quantitative estimate of drug-likeness (QED) is 0.752. The first kappa shape index (κ1) is 17.2. The van der Waals surface area contributed by atoms with Gasteiger partial charge in [-0.3, -0.25) is 4.79 Å². The molecule has 2 heterocycles. The van der Waals surface area contributed by atoms with Crippen LogP contribution in [0.1, 0.15) is 22.4 Å². The third-order valence-electron chi connectivity index (χ3n) is 4.42. The van der Waals surface area contributed by atoms with Crippen molar-refractivity contribution < 1.29 is 9.90 Å². The van der Waals surface area contributed by atoms with E-state index in [-0.39, 0.29) is 25.5 Å². The lowest BCUT2D eigenvalue weighted by molar-refractivity contribution is -0.120. The third-order valence-corrected chi connectivity index (χ3v) is 4.42. The van der Waals surface area contributed by atoms with Crippen molar-refractivity contribution in [1.82, 2.24) is 14.7 Å². The van der Waals surface area contributed by atoms with Gasteiger partial charge in [-0.15, -0.1) is 0 Å². The van der Waals surface area contributed by atoms with Gasteiger partial charge in [-0.05, 0) is 55.7 Å². The Bertz CT molecular complexity index is 928. The Morgan fingerprint density at radius 2 is 1.96 bits per heavy atom. The molecule has 3 aromatic rings. The smallest absolute Gasteiger partial charge is 0.226 e. The van der Waals surface area contributed by atoms with Gasteiger partial charge in [0, 0.05) is 18.3 Å². The van der Waals surface area contributed by atoms with Gasteiger partial charge in [-0.2, -0.15) is 0 Å². The van der Waals surface area contributed by atoms with E-state index in [0.29, 0.717) is 0 Å². The molecule has 1 aromatic carbocycles. The van der Waals surface area contributed by atoms with Gasteiger partial charge in [0.05, 0.1) is 24.4 Å². The number of imidazole rings is 1. The zero-order valence-electron chi connectivity index (χ0n) is 14.8. The van der Waals surface area contributed by atoms with Crippen molar-refractivity contribution >= 4 is 11.6 Å². The van der Waals surface area contributed by atoms with E-state index in [2.05, 4.69) is 31.3 Å². The van der Waals surface area contributed by atoms with E-state index in [0.717, 1.165) is 28.2 Å². The molecule has 0 spiro atoms. The average Bonchev–Trinajstić information content (AvgIpc) is 2.93. The first-order chi connectivity index (χ1) is 12.0. The fourth-order valence-corrected chi connectivity index (χ4v) is 2.90. The highest BCUT2D eigenvalue weighted by Crippen LogP contribution is 2.27. The summed E-state index contributed by atoms with van der Waals surface area (Å²) in [7, 11) is 0. The Morgan fingerprint density at radius 1 is 1.16 bits per heavy atom. The van der Waals surface area contributed by atoms with E-state index < -0.39 is 0 Å². The van der Waals surface area contributed by atoms with Crippen LogP contribution in [-0.2, 0) is 11.2 Å². The molecule has 0 aliphatic heterocycles. The number of aryl methyl sites for hydroxylation is 3. The molecular weight excluding hydrogens is 314 g/mol. The monoisotopic (exact) mass is 337 g/mol. The molecule has 3 rings (SSSR count). The predicted molar refractivity (Wildman–Crippen MR) is 98.6 cm³/mol. The van der Waals surface area contributed by atoms with Gasteiger partial charge in [0.2, 0.25) is 5.91 Å². The number of fused-ring (bicyclic) bond motifs is 1. The van der Waals surface area contributed by atoms with Crippen LogP contribution in [0.5, 0.6) is 0 Å². The summed E-state index contributed by atoms with van der Waals surface area (Å²) < 4.78 is 1.97. The van der Waals surface area contributed by atoms with E-state index in [1.54, 1.807) is 0 Å². The Balaban J connectivity index is 2.10. The van der Waals surface area contributed by atoms with E-state index in [4.69, 9.17) is 10.1 Å². The fraction of sp³-hybridized carbons (Fsp3) is 0.300. The van der Waals surface area contributed by atoms with E-state index >= 15 is 0 Å². The van der Waals surface area contributed by atoms with E-state index in [1.165, 1.54) is 11.1 Å². The van der Waals surface area contributed by atoms with E-state index in [1.807, 2.05) is 35.7 Å². The normalized spacial score (nSPS) is 11.0. The lowest BCUT2D eigenvalue weighted by Crippen LogP contribution is -2.28. The molecule has 0 fully saturated rings. The molecule has 0 aliphatic carbocycles. The molecule has 0 bridgehead atoms. The molecule has 5 heteroatoms. The van der Waals surface area contributed by atoms with Crippen molar-refractivity contribution in [3.05, 3.63) is 58.9 Å². The lowest BCUT2D eigenvalue weighted by Gasteiger charge is -2.08. The molecule has 0 radical (unpaired) electrons. The Labute approximate surface area is 147 Å². The second-order valence-electron chi connectivity index (χ2n) is 6.39. The average molecular weight is 337 g/mol. The van der Waals surface area contributed by atoms with Crippen LogP contribution in [-0.4, -0.2) is 33.6 Å². The Morgan fingerprint density at radius 3 is 2.68 bits per heavy atom. The van der Waals surface area contributed by atoms with Crippen LogP contribution < -0.4 is 5.32 Å². The summed E-state index contributed by atoms with van der Waals surface area (Å²) in [5, 5.41) is 11.6. The maximum absolute atomic E-state index is 12.2. The summed E-state index contributed by atoms with van der Waals surface area (Å²) in [6.07, 6.45) is 2.17. The first-order valence-corrected chi connectivity index (χ1v) is 8.42. The predicted octanol–water partition coefficient (Wildman–Crippen LogP) is 2.58. The summed E-state index contributed by atoms with van der Waals surface area (Å²) in [5.74, 6) is -0.124. The minimum atomic E-state index is -0.124. The van der Waals surface area contributed by atoms with Gasteiger partial charge in [-0.1, -0.05) is 12.1 Å². The highest BCUT2D eigenvalue weighted by molar-refractivity contribution is 5.81. The van der Waals surface area contributed by atoms with Gasteiger partial charge in [0.15, 0.2) is 0 Å². The number of hydrogen-bond acceptors (Lipinski definition) is 3. The number of benzene rings is 1. The number of amides is 1. The summed E-state index contributed by atoms with van der Waals surface area (Å²) in [5.41, 5.74) is 7.07. The van der Waals surface area contributed by atoms with Gasteiger partial charge in [-0.25, -0.2) is 4.98 Å². The van der Waals surface area contributed by atoms with Crippen molar-refractivity contribution in [3.63, 3.8) is 0 Å². The summed E-state index contributed by atoms with van der Waals surface area (Å²) in [6, 6.07) is 10.3. The molecule has 2 aromatic heterocycles. The minimum absolute atomic E-state index is 0.0674. The number of nitrogens with one attached hydrogen (secondary N) is 1. The van der Waals surface area contributed by atoms with Crippen LogP contribution in [0.25, 0.3) is 16.9 Å². The van der Waals surface area contributed by atoms with Crippen molar-refractivity contribution in [3.8, 4) is 11.3 Å². The molecule has 0 aliphatic rings. The summed E-state index contributed by atoms with van der Waals surface area (Å²) >= 11 is 0. The maximum Gasteiger partial charge on any atom is 0.226 e. The summed E-state index contributed by atoms with van der Waals surface area (Å²) in [6.45, 7) is 6.37. The molecule has 25 heavy (non-hydrogen) atoms. The molecule has 0 saturated heterocycles. The molecule has 0 unspecified atom stereocenters. The van der Waals surface area contributed by atoms with Crippen molar-refractivity contribution in [1.29, 1.82) is 0 Å². The number of aliphatic hydroxyl groups excluding tert-OH is 1. The Kier molecular flexibility index (Phi) is 4.86. The highest BCUT2D eigenvalue weighted by Gasteiger charge is 2.17. The van der Waals surface area contributed by atoms with E-state index in [9.17, 15) is 4.79 Å². The number of carbonyl (C=O) groups is 1. The lowest BCUT2D eigenvalue weighted by atomic mass is 10.0. The number of rotatable bonds is 5. The number of aliphatic hydroxyl groups is 1. The fourth-order valence-electron chi connectivity index (χ4n) is 2.90. The first-order valence-electron chi connectivity index (χ1n) is 8.42. The number of carbonyl (C=O) groups excluding carboxylic acids is 1. The second-order valence-corrected chi connectivity index (χ2v) is 6.39. The van der Waals surface area contributed by atoms with Crippen LogP contribution in [0.15, 0.2) is 36.5 Å². The summed E-state index contributed by atoms with van der Waals surface area (Å²) in [4.78, 5) is 17.0. The van der Waals surface area contributed by atoms with Crippen LogP contribution in [0.3, 0.4) is 0 Å². The molecule has 1 amide bonds. The molecule has 0 saturated carbocycles. The standard InChI is InChI=1S/C20H23N3O2/c1-13-6-8-23-17(12-19(25)21-7-9-24)20(22-18(23)10-13)16-5-4-14(2)15(3)11-16/h4-6,8,10-11,24H,7,9,12H2,1-3H3,(H,21,25). The van der Waals surface area contributed by atoms with Crippen LogP contribution in [0, 0.1) is 20.8 Å². The molecule has 5 nitrogen and oxygen atoms in total. The molecule has 2 N–H and O–H groups in total. The number of pyridine rings is 1. The number of nitrogens with zero attached hydrogens (tertiary/aromatic N) is 2. The number of hydrogen-bond donors (Lipinski definition) is 2. The minimum Gasteiger partial charge on any atom is -0.395 e. The largest absolute Gasteiger partial charge is 0.395 e. The maximum atomic E-state index is 12.2. The number of aromatic nitrogens is 2. The third kappa shape index (κ3) is 3.56. The van der Waals surface area contributed by atoms with Crippen LogP contribution in [0.2, 0.25) is 0 Å². The van der Waals surface area contributed by atoms with Crippen LogP contribution >= 0.6 is 0 Å². The van der Waals surface area contributed by atoms with Gasteiger partial charge in [0.1, 0.15) is 5.65 Å². The van der Waals surface area contributed by atoms with Gasteiger partial charge in [0.25, 0.3) is 0 Å². The zero-order chi connectivity index (χ0) is 18.0. The van der Waals surface area contributed by atoms with Gasteiger partial charge < -0.3 is 14.8 Å². The topological polar surface area (TPSA) is 66.6 Å². The van der Waals surface area contributed by atoms with Crippen molar-refractivity contribution in [2.75, 3.05) is 13.2 Å². The second kappa shape index (κ2) is 7.07. The highest BCUT2D eigenvalue weighted by atomic mass is 16.3. The van der Waals surface area contributed by atoms with Gasteiger partial charge >= 0.3 is 0 Å².